The van der Waals surface area contributed by atoms with E-state index in [-0.39, 0.29) is 5.70 Å². The number of carbonyl (C=O) groups is 2. The van der Waals surface area contributed by atoms with Crippen LogP contribution in [0.15, 0.2) is 42.2 Å². The van der Waals surface area contributed by atoms with Gasteiger partial charge in [-0.25, -0.2) is 9.59 Å². The highest BCUT2D eigenvalue weighted by molar-refractivity contribution is 6.00. The molecule has 116 valence electrons. The number of fused-ring (bicyclic) bond motifs is 1. The highest BCUT2D eigenvalue weighted by atomic mass is 16.5. The maximum Gasteiger partial charge on any atom is 0.354 e. The predicted octanol–water partition coefficient (Wildman–Crippen LogP) is 1.75. The van der Waals surface area contributed by atoms with Crippen LogP contribution < -0.4 is 5.32 Å². The predicted molar refractivity (Wildman–Crippen MR) is 82.2 cm³/mol. The minimum atomic E-state index is -0.759. The van der Waals surface area contributed by atoms with Crippen molar-refractivity contribution in [3.05, 3.63) is 47.8 Å². The van der Waals surface area contributed by atoms with Gasteiger partial charge in [-0.1, -0.05) is 0 Å². The topological polar surface area (TPSA) is 101 Å². The summed E-state index contributed by atoms with van der Waals surface area (Å²) < 4.78 is 9.12. The quantitative estimate of drug-likeness (QED) is 0.678. The zero-order valence-corrected chi connectivity index (χ0v) is 12.5. The van der Waals surface area contributed by atoms with Crippen LogP contribution in [0.3, 0.4) is 0 Å². The van der Waals surface area contributed by atoms with Gasteiger partial charge in [0.05, 0.1) is 37.1 Å². The van der Waals surface area contributed by atoms with Gasteiger partial charge in [0.1, 0.15) is 11.8 Å². The van der Waals surface area contributed by atoms with Gasteiger partial charge in [-0.05, 0) is 24.3 Å². The third kappa shape index (κ3) is 3.44. The molecule has 0 atom stereocenters. The van der Waals surface area contributed by atoms with Gasteiger partial charge in [0.2, 0.25) is 0 Å². The van der Waals surface area contributed by atoms with Crippen molar-refractivity contribution in [2.45, 2.75) is 0 Å². The summed E-state index contributed by atoms with van der Waals surface area (Å²) in [5.41, 5.74) is 1.16. The summed E-state index contributed by atoms with van der Waals surface area (Å²) in [5.74, 6) is -1.48. The van der Waals surface area contributed by atoms with E-state index in [0.29, 0.717) is 22.2 Å². The molecule has 0 radical (unpaired) electrons. The van der Waals surface area contributed by atoms with Crippen LogP contribution in [-0.4, -0.2) is 31.1 Å². The van der Waals surface area contributed by atoms with Crippen molar-refractivity contribution in [1.29, 1.82) is 5.26 Å². The number of esters is 2. The highest BCUT2D eigenvalue weighted by Gasteiger charge is 2.16. The van der Waals surface area contributed by atoms with E-state index in [1.165, 1.54) is 14.2 Å². The van der Waals surface area contributed by atoms with Crippen molar-refractivity contribution < 1.29 is 19.1 Å². The SMILES string of the molecule is COC(=O)/C=C(/Nc1ccc2ncccc2c1C#N)C(=O)OC. The number of carbonyl (C=O) groups excluding carboxylic acids is 2. The van der Waals surface area contributed by atoms with Crippen molar-refractivity contribution in [2.75, 3.05) is 19.5 Å². The molecule has 0 aliphatic carbocycles. The summed E-state index contributed by atoms with van der Waals surface area (Å²) in [5, 5.41) is 12.8. The van der Waals surface area contributed by atoms with Crippen LogP contribution in [0, 0.1) is 11.3 Å². The van der Waals surface area contributed by atoms with Gasteiger partial charge >= 0.3 is 11.9 Å². The normalized spacial score (nSPS) is 10.7. The molecule has 0 aliphatic heterocycles. The first-order valence-corrected chi connectivity index (χ1v) is 6.53. The first-order chi connectivity index (χ1) is 11.1. The Morgan fingerprint density at radius 2 is 2.04 bits per heavy atom. The molecule has 0 amide bonds. The zero-order chi connectivity index (χ0) is 16.8. The Kier molecular flexibility index (Phi) is 4.89. The summed E-state index contributed by atoms with van der Waals surface area (Å²) in [7, 11) is 2.38. The second-order valence-corrected chi connectivity index (χ2v) is 4.37. The second kappa shape index (κ2) is 7.04. The average molecular weight is 311 g/mol. The van der Waals surface area contributed by atoms with Crippen molar-refractivity contribution in [3.63, 3.8) is 0 Å². The Morgan fingerprint density at radius 1 is 1.26 bits per heavy atom. The van der Waals surface area contributed by atoms with Crippen LogP contribution in [0.5, 0.6) is 0 Å². The Bertz CT molecular complexity index is 837. The number of aromatic nitrogens is 1. The van der Waals surface area contributed by atoms with E-state index in [1.54, 1.807) is 30.5 Å². The fraction of sp³-hybridized carbons (Fsp3) is 0.125. The maximum atomic E-state index is 11.8. The van der Waals surface area contributed by atoms with Gasteiger partial charge in [0.15, 0.2) is 0 Å². The molecule has 1 heterocycles. The smallest absolute Gasteiger partial charge is 0.354 e. The molecule has 0 saturated heterocycles. The van der Waals surface area contributed by atoms with Gasteiger partial charge in [0, 0.05) is 11.6 Å². The molecule has 0 saturated carbocycles. The number of ether oxygens (including phenoxy) is 2. The number of hydrogen-bond acceptors (Lipinski definition) is 7. The number of benzene rings is 1. The standard InChI is InChI=1S/C16H13N3O4/c1-22-15(20)8-14(16(21)23-2)19-13-6-5-12-10(11(13)9-17)4-3-7-18-12/h3-8,19H,1-2H3/b14-8+. The molecule has 2 aromatic rings. The Morgan fingerprint density at radius 3 is 2.70 bits per heavy atom. The summed E-state index contributed by atoms with van der Waals surface area (Å²) in [6.07, 6.45) is 2.58. The van der Waals surface area contributed by atoms with E-state index >= 15 is 0 Å². The highest BCUT2D eigenvalue weighted by Crippen LogP contribution is 2.25. The van der Waals surface area contributed by atoms with E-state index in [9.17, 15) is 14.9 Å². The van der Waals surface area contributed by atoms with E-state index in [2.05, 4.69) is 25.8 Å². The monoisotopic (exact) mass is 311 g/mol. The summed E-state index contributed by atoms with van der Waals surface area (Å²) in [6, 6.07) is 8.82. The van der Waals surface area contributed by atoms with Crippen LogP contribution in [0.1, 0.15) is 5.56 Å². The van der Waals surface area contributed by atoms with E-state index < -0.39 is 11.9 Å². The second-order valence-electron chi connectivity index (χ2n) is 4.37. The molecular weight excluding hydrogens is 298 g/mol. The van der Waals surface area contributed by atoms with E-state index in [4.69, 9.17) is 0 Å². The third-order valence-corrected chi connectivity index (χ3v) is 3.03. The molecule has 7 nitrogen and oxygen atoms in total. The molecule has 0 aliphatic rings. The number of nitrogens with zero attached hydrogens (tertiary/aromatic N) is 2. The largest absolute Gasteiger partial charge is 0.466 e. The van der Waals surface area contributed by atoms with Crippen LogP contribution in [0.2, 0.25) is 0 Å². The van der Waals surface area contributed by atoms with Gasteiger partial charge < -0.3 is 14.8 Å². The van der Waals surface area contributed by atoms with Crippen molar-refractivity contribution in [1.82, 2.24) is 4.98 Å². The van der Waals surface area contributed by atoms with Crippen LogP contribution in [0.4, 0.5) is 5.69 Å². The minimum Gasteiger partial charge on any atom is -0.466 e. The number of methoxy groups -OCH3 is 2. The molecule has 0 bridgehead atoms. The fourth-order valence-corrected chi connectivity index (χ4v) is 1.95. The lowest BCUT2D eigenvalue weighted by molar-refractivity contribution is -0.138. The fourth-order valence-electron chi connectivity index (χ4n) is 1.95. The number of nitriles is 1. The number of rotatable bonds is 4. The Labute approximate surface area is 132 Å². The summed E-state index contributed by atoms with van der Waals surface area (Å²) in [6.45, 7) is 0. The number of hydrogen-bond donors (Lipinski definition) is 1. The molecule has 1 N–H and O–H groups in total. The average Bonchev–Trinajstić information content (AvgIpc) is 2.59. The first kappa shape index (κ1) is 16.0. The lowest BCUT2D eigenvalue weighted by Gasteiger charge is -2.11. The third-order valence-electron chi connectivity index (χ3n) is 3.03. The zero-order valence-electron chi connectivity index (χ0n) is 12.5. The van der Waals surface area contributed by atoms with Crippen molar-refractivity contribution >= 4 is 28.5 Å². The van der Waals surface area contributed by atoms with Gasteiger partial charge in [-0.15, -0.1) is 0 Å². The molecule has 2 rings (SSSR count). The summed E-state index contributed by atoms with van der Waals surface area (Å²) >= 11 is 0. The molecule has 7 heteroatoms. The Hall–Kier alpha value is -3.40. The van der Waals surface area contributed by atoms with Crippen molar-refractivity contribution in [3.8, 4) is 6.07 Å². The van der Waals surface area contributed by atoms with Crippen molar-refractivity contribution in [2.24, 2.45) is 0 Å². The minimum absolute atomic E-state index is 0.140. The molecule has 0 unspecified atom stereocenters. The molecule has 0 fully saturated rings. The maximum absolute atomic E-state index is 11.8. The van der Waals surface area contributed by atoms with Gasteiger partial charge in [0.25, 0.3) is 0 Å². The van der Waals surface area contributed by atoms with Crippen LogP contribution in [0.25, 0.3) is 10.9 Å². The molecule has 0 spiro atoms. The summed E-state index contributed by atoms with van der Waals surface area (Å²) in [4.78, 5) is 27.3. The van der Waals surface area contributed by atoms with Crippen LogP contribution >= 0.6 is 0 Å². The number of nitrogens with one attached hydrogen (secondary N) is 1. The van der Waals surface area contributed by atoms with Gasteiger partial charge in [-0.3, -0.25) is 4.98 Å². The van der Waals surface area contributed by atoms with Crippen LogP contribution in [-0.2, 0) is 19.1 Å². The number of anilines is 1. The lowest BCUT2D eigenvalue weighted by atomic mass is 10.1. The molecule has 1 aromatic heterocycles. The van der Waals surface area contributed by atoms with E-state index in [1.807, 2.05) is 0 Å². The van der Waals surface area contributed by atoms with E-state index in [0.717, 1.165) is 6.08 Å². The van der Waals surface area contributed by atoms with Gasteiger partial charge in [-0.2, -0.15) is 5.26 Å². The Balaban J connectivity index is 2.50. The lowest BCUT2D eigenvalue weighted by Crippen LogP contribution is -2.16. The number of pyridine rings is 1. The first-order valence-electron chi connectivity index (χ1n) is 6.53. The molecular formula is C16H13N3O4. The molecule has 23 heavy (non-hydrogen) atoms. The molecule has 1 aromatic carbocycles.